The van der Waals surface area contributed by atoms with Gasteiger partial charge in [0.05, 0.1) is 23.0 Å². The van der Waals surface area contributed by atoms with Crippen molar-refractivity contribution in [1.29, 1.82) is 0 Å². The molecule has 0 saturated carbocycles. The molecule has 0 aliphatic carbocycles. The normalized spacial score (nSPS) is 12.1. The Hall–Kier alpha value is -2.29. The second-order valence-electron chi connectivity index (χ2n) is 5.87. The van der Waals surface area contributed by atoms with Crippen molar-refractivity contribution in [3.05, 3.63) is 62.7 Å². The molecule has 0 fully saturated rings. The molecule has 0 bridgehead atoms. The maximum atomic E-state index is 12.6. The largest absolute Gasteiger partial charge is 0.495 e. The highest BCUT2D eigenvalue weighted by molar-refractivity contribution is 7.98. The van der Waals surface area contributed by atoms with Crippen LogP contribution in [0.25, 0.3) is 0 Å². The van der Waals surface area contributed by atoms with Crippen molar-refractivity contribution in [2.75, 3.05) is 13.4 Å². The lowest BCUT2D eigenvalue weighted by molar-refractivity contribution is -0.385. The van der Waals surface area contributed by atoms with Crippen LogP contribution in [0.2, 0.25) is 0 Å². The number of carbonyl (C=O) groups is 1. The van der Waals surface area contributed by atoms with Gasteiger partial charge >= 0.3 is 0 Å². The van der Waals surface area contributed by atoms with Crippen LogP contribution >= 0.6 is 24.2 Å². The molecule has 3 rings (SSSR count). The summed E-state index contributed by atoms with van der Waals surface area (Å²) in [4.78, 5) is 24.0. The number of ether oxygens (including phenoxy) is 1. The second-order valence-corrected chi connectivity index (χ2v) is 6.72. The Morgan fingerprint density at radius 1 is 1.30 bits per heavy atom. The van der Waals surface area contributed by atoms with E-state index in [1.165, 1.54) is 42.1 Å². The van der Waals surface area contributed by atoms with E-state index in [-0.39, 0.29) is 23.7 Å². The zero-order valence-electron chi connectivity index (χ0n) is 14.9. The number of fused-ring (bicyclic) bond motifs is 1. The summed E-state index contributed by atoms with van der Waals surface area (Å²) in [6, 6.07) is 8.84. The number of nitrogens with zero attached hydrogens (tertiary/aromatic N) is 1. The summed E-state index contributed by atoms with van der Waals surface area (Å²) in [5, 5.41) is 17.4. The molecular formula is C18H20ClN3O4S. The average molecular weight is 410 g/mol. The van der Waals surface area contributed by atoms with Gasteiger partial charge in [-0.15, -0.1) is 24.2 Å². The summed E-state index contributed by atoms with van der Waals surface area (Å²) in [7, 11) is 1.45. The molecule has 0 radical (unpaired) electrons. The van der Waals surface area contributed by atoms with Crippen molar-refractivity contribution < 1.29 is 14.5 Å². The molecule has 2 aromatic rings. The molecule has 1 amide bonds. The first-order chi connectivity index (χ1) is 12.5. The van der Waals surface area contributed by atoms with Gasteiger partial charge in [-0.25, -0.2) is 0 Å². The Morgan fingerprint density at radius 2 is 2.04 bits per heavy atom. The Bertz CT molecular complexity index is 876. The predicted octanol–water partition coefficient (Wildman–Crippen LogP) is 3.28. The third-order valence-corrected chi connectivity index (χ3v) is 5.06. The number of hydrogen-bond donors (Lipinski definition) is 2. The van der Waals surface area contributed by atoms with Crippen LogP contribution in [0.3, 0.4) is 0 Å². The van der Waals surface area contributed by atoms with E-state index in [0.717, 1.165) is 18.7 Å². The van der Waals surface area contributed by atoms with Gasteiger partial charge in [0.25, 0.3) is 11.6 Å². The van der Waals surface area contributed by atoms with Crippen LogP contribution in [-0.4, -0.2) is 24.2 Å². The number of thioether (sulfide) groups is 1. The number of nitro benzene ring substituents is 1. The van der Waals surface area contributed by atoms with Gasteiger partial charge < -0.3 is 15.4 Å². The summed E-state index contributed by atoms with van der Waals surface area (Å²) in [5.41, 5.74) is 3.20. The van der Waals surface area contributed by atoms with Crippen molar-refractivity contribution in [1.82, 2.24) is 10.6 Å². The number of nitro groups is 1. The standard InChI is InChI=1S/C18H19N3O4S.ClH/c1-25-16-7-15(21(23)24)14(6-17(16)26-2)18(22)20-8-11-3-4-12-9-19-10-13(12)5-11;/h3-7,19H,8-10H2,1-2H3,(H,20,22);1H. The summed E-state index contributed by atoms with van der Waals surface area (Å²) in [6.07, 6.45) is 1.82. The lowest BCUT2D eigenvalue weighted by atomic mass is 10.1. The molecule has 2 N–H and O–H groups in total. The first kappa shape index (κ1) is 21.0. The number of nitrogens with one attached hydrogen (secondary N) is 2. The summed E-state index contributed by atoms with van der Waals surface area (Å²) < 4.78 is 5.17. The fourth-order valence-corrected chi connectivity index (χ4v) is 3.52. The van der Waals surface area contributed by atoms with Gasteiger partial charge in [-0.1, -0.05) is 18.2 Å². The van der Waals surface area contributed by atoms with Crippen LogP contribution in [0.1, 0.15) is 27.0 Å². The molecule has 1 aliphatic heterocycles. The van der Waals surface area contributed by atoms with Gasteiger partial charge in [-0.3, -0.25) is 14.9 Å². The van der Waals surface area contributed by atoms with Crippen molar-refractivity contribution in [2.24, 2.45) is 0 Å². The molecule has 7 nitrogen and oxygen atoms in total. The summed E-state index contributed by atoms with van der Waals surface area (Å²) in [6.45, 7) is 1.99. The van der Waals surface area contributed by atoms with Crippen molar-refractivity contribution in [3.63, 3.8) is 0 Å². The number of rotatable bonds is 6. The first-order valence-corrected chi connectivity index (χ1v) is 9.26. The zero-order chi connectivity index (χ0) is 18.7. The van der Waals surface area contributed by atoms with Crippen LogP contribution in [-0.2, 0) is 19.6 Å². The van der Waals surface area contributed by atoms with E-state index in [9.17, 15) is 14.9 Å². The van der Waals surface area contributed by atoms with Crippen molar-refractivity contribution in [3.8, 4) is 5.75 Å². The number of halogens is 1. The molecule has 1 aliphatic rings. The first-order valence-electron chi connectivity index (χ1n) is 8.03. The topological polar surface area (TPSA) is 93.5 Å². The smallest absolute Gasteiger partial charge is 0.285 e. The maximum absolute atomic E-state index is 12.6. The van der Waals surface area contributed by atoms with Crippen molar-refractivity contribution >= 4 is 35.8 Å². The molecule has 9 heteroatoms. The molecule has 27 heavy (non-hydrogen) atoms. The third kappa shape index (κ3) is 4.52. The molecule has 0 saturated heterocycles. The molecular weight excluding hydrogens is 390 g/mol. The number of benzene rings is 2. The van der Waals surface area contributed by atoms with E-state index < -0.39 is 10.8 Å². The van der Waals surface area contributed by atoms with Gasteiger partial charge in [-0.2, -0.15) is 0 Å². The van der Waals surface area contributed by atoms with Crippen LogP contribution in [0.5, 0.6) is 5.75 Å². The Kier molecular flexibility index (Phi) is 7.06. The van der Waals surface area contributed by atoms with E-state index in [4.69, 9.17) is 4.74 Å². The summed E-state index contributed by atoms with van der Waals surface area (Å²) in [5.74, 6) is -0.0971. The molecule has 1 heterocycles. The van der Waals surface area contributed by atoms with E-state index in [2.05, 4.69) is 10.6 Å². The monoisotopic (exact) mass is 409 g/mol. The van der Waals surface area contributed by atoms with Crippen LogP contribution in [0, 0.1) is 10.1 Å². The summed E-state index contributed by atoms with van der Waals surface area (Å²) >= 11 is 1.37. The average Bonchev–Trinajstić information content (AvgIpc) is 3.12. The second kappa shape index (κ2) is 9.07. The van der Waals surface area contributed by atoms with E-state index in [1.807, 2.05) is 24.5 Å². The lowest BCUT2D eigenvalue weighted by Gasteiger charge is -2.11. The van der Waals surface area contributed by atoms with Crippen LogP contribution < -0.4 is 15.4 Å². The quantitative estimate of drug-likeness (QED) is 0.432. The van der Waals surface area contributed by atoms with Gasteiger partial charge in [0.1, 0.15) is 11.3 Å². The molecule has 144 valence electrons. The predicted molar refractivity (Wildman–Crippen MR) is 107 cm³/mol. The van der Waals surface area contributed by atoms with Gasteiger partial charge in [-0.05, 0) is 29.0 Å². The molecule has 0 unspecified atom stereocenters. The SMILES string of the molecule is COc1cc([N+](=O)[O-])c(C(=O)NCc2ccc3c(c2)CNC3)cc1SC.Cl. The Morgan fingerprint density at radius 3 is 2.70 bits per heavy atom. The molecule has 0 aromatic heterocycles. The minimum atomic E-state index is -0.567. The highest BCUT2D eigenvalue weighted by Gasteiger charge is 2.23. The maximum Gasteiger partial charge on any atom is 0.285 e. The van der Waals surface area contributed by atoms with Gasteiger partial charge in [0, 0.05) is 19.6 Å². The molecule has 0 atom stereocenters. The number of carbonyl (C=O) groups excluding carboxylic acids is 1. The van der Waals surface area contributed by atoms with E-state index in [1.54, 1.807) is 0 Å². The van der Waals surface area contributed by atoms with Crippen molar-refractivity contribution in [2.45, 2.75) is 24.5 Å². The molecule has 0 spiro atoms. The highest BCUT2D eigenvalue weighted by atomic mass is 35.5. The van der Waals surface area contributed by atoms with Crippen LogP contribution in [0.4, 0.5) is 5.69 Å². The zero-order valence-corrected chi connectivity index (χ0v) is 16.5. The minimum absolute atomic E-state index is 0. The van der Waals surface area contributed by atoms with Gasteiger partial charge in [0.2, 0.25) is 0 Å². The Balaban J connectivity index is 0.00000261. The van der Waals surface area contributed by atoms with E-state index in [0.29, 0.717) is 17.2 Å². The Labute approximate surface area is 167 Å². The fourth-order valence-electron chi connectivity index (χ4n) is 2.94. The highest BCUT2D eigenvalue weighted by Crippen LogP contribution is 2.34. The lowest BCUT2D eigenvalue weighted by Crippen LogP contribution is -2.24. The number of hydrogen-bond acceptors (Lipinski definition) is 6. The van der Waals surface area contributed by atoms with E-state index >= 15 is 0 Å². The molecule has 2 aromatic carbocycles. The minimum Gasteiger partial charge on any atom is -0.495 e. The van der Waals surface area contributed by atoms with Gasteiger partial charge in [0.15, 0.2) is 0 Å². The van der Waals surface area contributed by atoms with Crippen LogP contribution in [0.15, 0.2) is 35.2 Å². The fraction of sp³-hybridized carbons (Fsp3) is 0.278. The third-order valence-electron chi connectivity index (χ3n) is 4.30. The number of methoxy groups -OCH3 is 1. The number of amides is 1.